The quantitative estimate of drug-likeness (QED) is 0.868. The molecule has 0 atom stereocenters. The molecule has 0 spiro atoms. The van der Waals surface area contributed by atoms with Crippen LogP contribution in [0.1, 0.15) is 19.4 Å². The third kappa shape index (κ3) is 5.19. The SMILES string of the molecule is CNCC(C)(C)CN(C)Cc1ccccc1Br. The van der Waals surface area contributed by atoms with Crippen molar-refractivity contribution >= 4 is 15.9 Å². The van der Waals surface area contributed by atoms with Crippen molar-refractivity contribution in [3.63, 3.8) is 0 Å². The van der Waals surface area contributed by atoms with Gasteiger partial charge < -0.3 is 10.2 Å². The van der Waals surface area contributed by atoms with Crippen molar-refractivity contribution < 1.29 is 0 Å². The third-order valence-corrected chi connectivity index (χ3v) is 3.52. The Morgan fingerprint density at radius 3 is 2.53 bits per heavy atom. The van der Waals surface area contributed by atoms with E-state index in [2.05, 4.69) is 71.3 Å². The number of nitrogens with one attached hydrogen (secondary N) is 1. The second kappa shape index (κ2) is 6.53. The Morgan fingerprint density at radius 1 is 1.29 bits per heavy atom. The number of hydrogen-bond donors (Lipinski definition) is 1. The first-order chi connectivity index (χ1) is 7.94. The topological polar surface area (TPSA) is 15.3 Å². The highest BCUT2D eigenvalue weighted by Gasteiger charge is 2.19. The fourth-order valence-electron chi connectivity index (χ4n) is 2.24. The van der Waals surface area contributed by atoms with Crippen LogP contribution in [0, 0.1) is 5.41 Å². The average molecular weight is 299 g/mol. The van der Waals surface area contributed by atoms with Crippen LogP contribution in [-0.2, 0) is 6.54 Å². The Morgan fingerprint density at radius 2 is 1.94 bits per heavy atom. The lowest BCUT2D eigenvalue weighted by Gasteiger charge is -2.30. The zero-order chi connectivity index (χ0) is 12.9. The monoisotopic (exact) mass is 298 g/mol. The van der Waals surface area contributed by atoms with Gasteiger partial charge in [-0.05, 0) is 31.1 Å². The first kappa shape index (κ1) is 14.7. The van der Waals surface area contributed by atoms with Gasteiger partial charge >= 0.3 is 0 Å². The number of rotatable bonds is 6. The Balaban J connectivity index is 2.55. The van der Waals surface area contributed by atoms with Gasteiger partial charge in [0.1, 0.15) is 0 Å². The normalized spacial score (nSPS) is 12.1. The smallest absolute Gasteiger partial charge is 0.0242 e. The summed E-state index contributed by atoms with van der Waals surface area (Å²) in [5, 5.41) is 3.25. The predicted octanol–water partition coefficient (Wildman–Crippen LogP) is 3.13. The molecule has 0 aliphatic heterocycles. The fraction of sp³-hybridized carbons (Fsp3) is 0.571. The van der Waals surface area contributed by atoms with Crippen LogP contribution >= 0.6 is 15.9 Å². The van der Waals surface area contributed by atoms with Gasteiger partial charge in [0.2, 0.25) is 0 Å². The number of benzene rings is 1. The molecule has 1 aromatic rings. The number of nitrogens with zero attached hydrogens (tertiary/aromatic N) is 1. The lowest BCUT2D eigenvalue weighted by molar-refractivity contribution is 0.201. The highest BCUT2D eigenvalue weighted by Crippen LogP contribution is 2.20. The Kier molecular flexibility index (Phi) is 5.63. The van der Waals surface area contributed by atoms with Crippen LogP contribution in [0.5, 0.6) is 0 Å². The minimum atomic E-state index is 0.296. The molecule has 0 heterocycles. The first-order valence-corrected chi connectivity index (χ1v) is 6.80. The molecule has 0 unspecified atom stereocenters. The number of hydrogen-bond acceptors (Lipinski definition) is 2. The molecule has 0 saturated carbocycles. The molecule has 0 aliphatic carbocycles. The van der Waals surface area contributed by atoms with Gasteiger partial charge in [0.25, 0.3) is 0 Å². The van der Waals surface area contributed by atoms with Gasteiger partial charge in [-0.25, -0.2) is 0 Å². The van der Waals surface area contributed by atoms with Crippen molar-refractivity contribution in [2.75, 3.05) is 27.2 Å². The molecule has 0 fully saturated rings. The van der Waals surface area contributed by atoms with E-state index in [0.29, 0.717) is 5.41 Å². The fourth-order valence-corrected chi connectivity index (χ4v) is 2.65. The van der Waals surface area contributed by atoms with Crippen molar-refractivity contribution in [2.45, 2.75) is 20.4 Å². The van der Waals surface area contributed by atoms with Gasteiger partial charge in [-0.2, -0.15) is 0 Å². The molecule has 0 aliphatic rings. The number of halogens is 1. The molecular weight excluding hydrogens is 276 g/mol. The maximum absolute atomic E-state index is 3.60. The summed E-state index contributed by atoms with van der Waals surface area (Å²) in [5.41, 5.74) is 1.64. The Hall–Kier alpha value is -0.380. The van der Waals surface area contributed by atoms with Crippen LogP contribution < -0.4 is 5.32 Å². The first-order valence-electron chi connectivity index (χ1n) is 6.01. The van der Waals surface area contributed by atoms with Gasteiger partial charge in [-0.15, -0.1) is 0 Å². The standard InChI is InChI=1S/C14H23BrN2/c1-14(2,10-16-3)11-17(4)9-12-7-5-6-8-13(12)15/h5-8,16H,9-11H2,1-4H3. The van der Waals surface area contributed by atoms with Crippen LogP contribution in [0.25, 0.3) is 0 Å². The molecule has 96 valence electrons. The summed E-state index contributed by atoms with van der Waals surface area (Å²) >= 11 is 3.60. The minimum absolute atomic E-state index is 0.296. The van der Waals surface area contributed by atoms with Gasteiger partial charge in [-0.1, -0.05) is 48.0 Å². The molecule has 2 nitrogen and oxygen atoms in total. The summed E-state index contributed by atoms with van der Waals surface area (Å²) in [4.78, 5) is 2.37. The molecule has 1 aromatic carbocycles. The van der Waals surface area contributed by atoms with Gasteiger partial charge in [-0.3, -0.25) is 0 Å². The summed E-state index contributed by atoms with van der Waals surface area (Å²) in [6, 6.07) is 8.42. The van der Waals surface area contributed by atoms with E-state index >= 15 is 0 Å². The highest BCUT2D eigenvalue weighted by molar-refractivity contribution is 9.10. The zero-order valence-corrected chi connectivity index (χ0v) is 12.8. The molecule has 1 rings (SSSR count). The van der Waals surface area contributed by atoms with Crippen molar-refractivity contribution in [1.82, 2.24) is 10.2 Å². The molecule has 1 N–H and O–H groups in total. The predicted molar refractivity (Wildman–Crippen MR) is 78.2 cm³/mol. The Bertz CT molecular complexity index is 350. The second-order valence-corrected chi connectivity index (χ2v) is 6.31. The van der Waals surface area contributed by atoms with Crippen LogP contribution in [0.4, 0.5) is 0 Å². The van der Waals surface area contributed by atoms with Crippen molar-refractivity contribution in [3.8, 4) is 0 Å². The maximum atomic E-state index is 3.60. The van der Waals surface area contributed by atoms with E-state index in [-0.39, 0.29) is 0 Å². The van der Waals surface area contributed by atoms with E-state index < -0.39 is 0 Å². The largest absolute Gasteiger partial charge is 0.319 e. The van der Waals surface area contributed by atoms with Crippen LogP contribution in [0.15, 0.2) is 28.7 Å². The minimum Gasteiger partial charge on any atom is -0.319 e. The summed E-state index contributed by atoms with van der Waals surface area (Å²) < 4.78 is 1.19. The van der Waals surface area contributed by atoms with Crippen molar-refractivity contribution in [1.29, 1.82) is 0 Å². The zero-order valence-electron chi connectivity index (χ0n) is 11.3. The molecule has 17 heavy (non-hydrogen) atoms. The highest BCUT2D eigenvalue weighted by atomic mass is 79.9. The molecule has 0 bridgehead atoms. The van der Waals surface area contributed by atoms with Gasteiger partial charge in [0.05, 0.1) is 0 Å². The molecular formula is C14H23BrN2. The third-order valence-electron chi connectivity index (χ3n) is 2.75. The van der Waals surface area contributed by atoms with Gasteiger partial charge in [0, 0.05) is 24.1 Å². The molecule has 0 saturated heterocycles. The van der Waals surface area contributed by atoms with E-state index in [1.165, 1.54) is 10.0 Å². The van der Waals surface area contributed by atoms with E-state index in [9.17, 15) is 0 Å². The summed E-state index contributed by atoms with van der Waals surface area (Å²) in [5.74, 6) is 0. The van der Waals surface area contributed by atoms with Crippen LogP contribution in [0.2, 0.25) is 0 Å². The molecule has 0 amide bonds. The lowest BCUT2D eigenvalue weighted by Crippen LogP contribution is -2.37. The van der Waals surface area contributed by atoms with Gasteiger partial charge in [0.15, 0.2) is 0 Å². The summed E-state index contributed by atoms with van der Waals surface area (Å²) in [6.07, 6.45) is 0. The van der Waals surface area contributed by atoms with Crippen LogP contribution in [-0.4, -0.2) is 32.1 Å². The van der Waals surface area contributed by atoms with E-state index in [0.717, 1.165) is 19.6 Å². The Labute approximate surface area is 114 Å². The summed E-state index contributed by atoms with van der Waals surface area (Å²) in [7, 11) is 4.19. The van der Waals surface area contributed by atoms with E-state index in [1.807, 2.05) is 7.05 Å². The van der Waals surface area contributed by atoms with E-state index in [4.69, 9.17) is 0 Å². The molecule has 0 radical (unpaired) electrons. The molecule has 0 aromatic heterocycles. The maximum Gasteiger partial charge on any atom is 0.0242 e. The van der Waals surface area contributed by atoms with Crippen molar-refractivity contribution in [2.24, 2.45) is 5.41 Å². The summed E-state index contributed by atoms with van der Waals surface area (Å²) in [6.45, 7) is 7.68. The van der Waals surface area contributed by atoms with E-state index in [1.54, 1.807) is 0 Å². The van der Waals surface area contributed by atoms with Crippen molar-refractivity contribution in [3.05, 3.63) is 34.3 Å². The lowest BCUT2D eigenvalue weighted by atomic mass is 9.93. The average Bonchev–Trinajstić information content (AvgIpc) is 2.20. The van der Waals surface area contributed by atoms with Crippen LogP contribution in [0.3, 0.4) is 0 Å². The second-order valence-electron chi connectivity index (χ2n) is 5.46. The molecule has 3 heteroatoms.